The van der Waals surface area contributed by atoms with Gasteiger partial charge in [0.1, 0.15) is 5.60 Å². The van der Waals surface area contributed by atoms with Gasteiger partial charge in [0.2, 0.25) is 0 Å². The summed E-state index contributed by atoms with van der Waals surface area (Å²) in [5.74, 6) is 0.991. The quantitative estimate of drug-likeness (QED) is 0.842. The van der Waals surface area contributed by atoms with Gasteiger partial charge in [-0.15, -0.1) is 0 Å². The van der Waals surface area contributed by atoms with E-state index >= 15 is 0 Å². The number of rotatable bonds is 2. The lowest BCUT2D eigenvalue weighted by molar-refractivity contribution is -0.116. The molecule has 3 heterocycles. The van der Waals surface area contributed by atoms with E-state index in [2.05, 4.69) is 49.1 Å². The molecule has 0 N–H and O–H groups in total. The van der Waals surface area contributed by atoms with Crippen molar-refractivity contribution < 1.29 is 9.53 Å². The van der Waals surface area contributed by atoms with Gasteiger partial charge in [0.25, 0.3) is 0 Å². The maximum Gasteiger partial charge on any atom is 0.410 e. The molecular formula is C18H24N2O2. The van der Waals surface area contributed by atoms with Crippen molar-refractivity contribution >= 4 is 6.09 Å². The Kier molecular flexibility index (Phi) is 3.19. The number of amides is 1. The van der Waals surface area contributed by atoms with E-state index in [9.17, 15) is 4.79 Å². The summed E-state index contributed by atoms with van der Waals surface area (Å²) in [4.78, 5) is 16.7. The van der Waals surface area contributed by atoms with Crippen molar-refractivity contribution in [1.82, 2.24) is 9.80 Å². The maximum atomic E-state index is 12.2. The molecule has 4 heteroatoms. The molecule has 0 saturated carbocycles. The van der Waals surface area contributed by atoms with Crippen LogP contribution in [0.25, 0.3) is 0 Å². The van der Waals surface area contributed by atoms with Crippen LogP contribution in [0.15, 0.2) is 30.3 Å². The molecule has 0 radical (unpaired) electrons. The second-order valence-electron chi connectivity index (χ2n) is 7.49. The van der Waals surface area contributed by atoms with Gasteiger partial charge >= 0.3 is 6.09 Å². The van der Waals surface area contributed by atoms with Crippen LogP contribution in [0.2, 0.25) is 0 Å². The summed E-state index contributed by atoms with van der Waals surface area (Å²) >= 11 is 0. The molecule has 0 aliphatic carbocycles. The Labute approximate surface area is 132 Å². The lowest BCUT2D eigenvalue weighted by Gasteiger charge is -2.52. The number of likely N-dealkylation sites (tertiary alicyclic amines) is 1. The molecule has 3 atom stereocenters. The molecule has 0 bridgehead atoms. The molecule has 1 aromatic rings. The maximum absolute atomic E-state index is 12.2. The molecule has 118 valence electrons. The Morgan fingerprint density at radius 3 is 2.77 bits per heavy atom. The Hall–Kier alpha value is -1.55. The molecular weight excluding hydrogens is 276 g/mol. The van der Waals surface area contributed by atoms with E-state index in [1.165, 1.54) is 5.56 Å². The van der Waals surface area contributed by atoms with Crippen LogP contribution in [-0.4, -0.2) is 47.2 Å². The third-order valence-corrected chi connectivity index (χ3v) is 5.67. The monoisotopic (exact) mass is 300 g/mol. The van der Waals surface area contributed by atoms with Crippen LogP contribution in [0.5, 0.6) is 0 Å². The van der Waals surface area contributed by atoms with Gasteiger partial charge in [-0.05, 0) is 31.7 Å². The molecule has 22 heavy (non-hydrogen) atoms. The standard InChI is InChI=1S/C18H24N2O2/c1-18(2)15-12-19(10-13-6-4-3-5-7-13)11-14-8-9-20(16(14)15)17(21)22-18/h3-7,14-16H,8-12H2,1-2H3. The Balaban J connectivity index is 1.57. The highest BCUT2D eigenvalue weighted by Gasteiger charge is 2.56. The number of nitrogens with zero attached hydrogens (tertiary/aromatic N) is 2. The summed E-state index contributed by atoms with van der Waals surface area (Å²) in [6.07, 6.45) is 1.00. The van der Waals surface area contributed by atoms with Crippen molar-refractivity contribution in [1.29, 1.82) is 0 Å². The summed E-state index contributed by atoms with van der Waals surface area (Å²) in [6, 6.07) is 11.0. The highest BCUT2D eigenvalue weighted by Crippen LogP contribution is 2.44. The number of cyclic esters (lactones) is 1. The summed E-state index contributed by atoms with van der Waals surface area (Å²) in [5.41, 5.74) is 0.998. The molecule has 1 amide bonds. The summed E-state index contributed by atoms with van der Waals surface area (Å²) in [7, 11) is 0. The lowest BCUT2D eigenvalue weighted by atomic mass is 9.74. The largest absolute Gasteiger partial charge is 0.443 e. The highest BCUT2D eigenvalue weighted by molar-refractivity contribution is 5.70. The number of carbonyl (C=O) groups is 1. The van der Waals surface area contributed by atoms with Gasteiger partial charge < -0.3 is 9.64 Å². The Bertz CT molecular complexity index is 572. The first-order chi connectivity index (χ1) is 10.5. The molecule has 3 fully saturated rings. The van der Waals surface area contributed by atoms with Crippen LogP contribution in [0.3, 0.4) is 0 Å². The normalized spacial score (nSPS) is 33.5. The number of benzene rings is 1. The smallest absolute Gasteiger partial charge is 0.410 e. The van der Waals surface area contributed by atoms with Gasteiger partial charge in [-0.1, -0.05) is 30.3 Å². The Morgan fingerprint density at radius 2 is 2.00 bits per heavy atom. The Morgan fingerprint density at radius 1 is 1.23 bits per heavy atom. The van der Waals surface area contributed by atoms with Crippen LogP contribution in [0.4, 0.5) is 4.79 Å². The molecule has 4 nitrogen and oxygen atoms in total. The fraction of sp³-hybridized carbons (Fsp3) is 0.611. The van der Waals surface area contributed by atoms with E-state index in [1.54, 1.807) is 0 Å². The molecule has 3 aliphatic heterocycles. The fourth-order valence-electron chi connectivity index (χ4n) is 4.59. The molecule has 3 unspecified atom stereocenters. The van der Waals surface area contributed by atoms with E-state index in [1.807, 2.05) is 4.90 Å². The van der Waals surface area contributed by atoms with Crippen molar-refractivity contribution in [2.75, 3.05) is 19.6 Å². The third-order valence-electron chi connectivity index (χ3n) is 5.67. The van der Waals surface area contributed by atoms with E-state index in [4.69, 9.17) is 4.74 Å². The zero-order valence-corrected chi connectivity index (χ0v) is 13.4. The number of ether oxygens (including phenoxy) is 1. The average Bonchev–Trinajstić information content (AvgIpc) is 2.90. The molecule has 3 aliphatic rings. The van der Waals surface area contributed by atoms with E-state index in [0.717, 1.165) is 32.6 Å². The predicted octanol–water partition coefficient (Wildman–Crippen LogP) is 2.74. The van der Waals surface area contributed by atoms with Crippen LogP contribution in [0.1, 0.15) is 25.8 Å². The van der Waals surface area contributed by atoms with E-state index < -0.39 is 0 Å². The molecule has 0 aromatic heterocycles. The summed E-state index contributed by atoms with van der Waals surface area (Å²) in [6.45, 7) is 8.11. The number of piperidine rings is 1. The minimum Gasteiger partial charge on any atom is -0.443 e. The SMILES string of the molecule is CC1(C)OC(=O)N2CCC3CN(Cc4ccccc4)CC1C32. The fourth-order valence-corrected chi connectivity index (χ4v) is 4.59. The topological polar surface area (TPSA) is 32.8 Å². The van der Waals surface area contributed by atoms with Crippen LogP contribution in [0, 0.1) is 11.8 Å². The zero-order chi connectivity index (χ0) is 15.3. The molecule has 4 rings (SSSR count). The molecule has 1 aromatic carbocycles. The summed E-state index contributed by atoms with van der Waals surface area (Å²) < 4.78 is 5.73. The van der Waals surface area contributed by atoms with Crippen molar-refractivity contribution in [2.24, 2.45) is 11.8 Å². The zero-order valence-electron chi connectivity index (χ0n) is 13.4. The number of hydrogen-bond acceptors (Lipinski definition) is 3. The van der Waals surface area contributed by atoms with Crippen molar-refractivity contribution in [3.8, 4) is 0 Å². The lowest BCUT2D eigenvalue weighted by Crippen LogP contribution is -2.64. The van der Waals surface area contributed by atoms with Gasteiger partial charge in [-0.2, -0.15) is 0 Å². The third kappa shape index (κ3) is 2.21. The van der Waals surface area contributed by atoms with E-state index in [-0.39, 0.29) is 11.7 Å². The minimum absolute atomic E-state index is 0.106. The number of hydrogen-bond donors (Lipinski definition) is 0. The van der Waals surface area contributed by atoms with Crippen LogP contribution >= 0.6 is 0 Å². The van der Waals surface area contributed by atoms with Gasteiger partial charge in [0, 0.05) is 38.1 Å². The van der Waals surface area contributed by atoms with Gasteiger partial charge in [-0.25, -0.2) is 4.79 Å². The second-order valence-corrected chi connectivity index (χ2v) is 7.49. The van der Waals surface area contributed by atoms with Crippen LogP contribution in [-0.2, 0) is 11.3 Å². The molecule has 0 spiro atoms. The van der Waals surface area contributed by atoms with Crippen molar-refractivity contribution in [3.05, 3.63) is 35.9 Å². The number of carbonyl (C=O) groups excluding carboxylic acids is 1. The van der Waals surface area contributed by atoms with E-state index in [0.29, 0.717) is 17.9 Å². The van der Waals surface area contributed by atoms with Crippen molar-refractivity contribution in [3.63, 3.8) is 0 Å². The first-order valence-electron chi connectivity index (χ1n) is 8.30. The average molecular weight is 300 g/mol. The summed E-state index contributed by atoms with van der Waals surface area (Å²) in [5, 5.41) is 0. The predicted molar refractivity (Wildman–Crippen MR) is 84.4 cm³/mol. The van der Waals surface area contributed by atoms with Gasteiger partial charge in [0.15, 0.2) is 0 Å². The minimum atomic E-state index is -0.365. The molecule has 3 saturated heterocycles. The van der Waals surface area contributed by atoms with Gasteiger partial charge in [-0.3, -0.25) is 4.90 Å². The van der Waals surface area contributed by atoms with Crippen molar-refractivity contribution in [2.45, 2.75) is 38.5 Å². The first kappa shape index (κ1) is 14.1. The highest BCUT2D eigenvalue weighted by atomic mass is 16.6. The second kappa shape index (κ2) is 4.98. The van der Waals surface area contributed by atoms with Gasteiger partial charge in [0.05, 0.1) is 0 Å². The van der Waals surface area contributed by atoms with Crippen LogP contribution < -0.4 is 0 Å². The first-order valence-corrected chi connectivity index (χ1v) is 8.30.